The number of pyridine rings is 2. The highest BCUT2D eigenvalue weighted by Crippen LogP contribution is 2.37. The molecule has 0 bridgehead atoms. The van der Waals surface area contributed by atoms with E-state index < -0.39 is 27.1 Å². The van der Waals surface area contributed by atoms with Crippen molar-refractivity contribution in [2.75, 3.05) is 11.9 Å². The lowest BCUT2D eigenvalue weighted by Crippen LogP contribution is -2.42. The fourth-order valence-corrected chi connectivity index (χ4v) is 5.47. The Kier molecular flexibility index (Phi) is 6.95. The van der Waals surface area contributed by atoms with Crippen LogP contribution in [0.25, 0.3) is 28.1 Å². The number of benzene rings is 1. The van der Waals surface area contributed by atoms with Crippen molar-refractivity contribution >= 4 is 32.4 Å². The number of nitrogens with one attached hydrogen (secondary N) is 1. The topological polar surface area (TPSA) is 104 Å². The summed E-state index contributed by atoms with van der Waals surface area (Å²) >= 11 is 0. The summed E-state index contributed by atoms with van der Waals surface area (Å²) in [5.41, 5.74) is 4.09. The van der Waals surface area contributed by atoms with Crippen LogP contribution in [0.4, 0.5) is 18.9 Å². The Balaban J connectivity index is 1.56. The number of alkyl halides is 3. The van der Waals surface area contributed by atoms with Crippen molar-refractivity contribution in [1.82, 2.24) is 19.3 Å². The Hall–Kier alpha value is -4.47. The van der Waals surface area contributed by atoms with Crippen LogP contribution >= 0.6 is 0 Å². The first kappa shape index (κ1) is 27.1. The summed E-state index contributed by atoms with van der Waals surface area (Å²) in [6.45, 7) is 1.34. The van der Waals surface area contributed by atoms with Crippen molar-refractivity contribution in [2.24, 2.45) is 0 Å². The molecule has 1 aromatic carbocycles. The maximum Gasteiger partial charge on any atom is 0.404 e. The molecular formula is C28H23F3N6O2S. The third-order valence-electron chi connectivity index (χ3n) is 6.51. The van der Waals surface area contributed by atoms with E-state index in [-0.39, 0.29) is 11.3 Å². The molecule has 4 aromatic rings. The molecule has 5 rings (SSSR count). The standard InChI is InChI=1S/C28H23F3N6O2S/c1-18(28(29,30)31)35-40(38,39)22-11-12-25(33-16-22)26-24(14-32)23-13-21(36(2)17-19-7-4-3-5-8-19)15-34-27(23)37(26)20-9-6-10-20/h3-13,15-16,18,35H,17H2,1-2H3. The molecule has 8 nitrogen and oxygen atoms in total. The Bertz CT molecular complexity index is 1790. The van der Waals surface area contributed by atoms with Crippen molar-refractivity contribution in [3.05, 3.63) is 90.3 Å². The van der Waals surface area contributed by atoms with Crippen LogP contribution < -0.4 is 9.62 Å². The van der Waals surface area contributed by atoms with Crippen LogP contribution in [0.5, 0.6) is 0 Å². The predicted octanol–water partition coefficient (Wildman–Crippen LogP) is 5.25. The number of aromatic nitrogens is 3. The number of nitriles is 1. The Morgan fingerprint density at radius 3 is 2.42 bits per heavy atom. The van der Waals surface area contributed by atoms with Crippen molar-refractivity contribution in [2.45, 2.75) is 30.6 Å². The molecule has 3 aromatic heterocycles. The average molecular weight is 565 g/mol. The van der Waals surface area contributed by atoms with E-state index >= 15 is 0 Å². The van der Waals surface area contributed by atoms with Crippen LogP contribution in [0.3, 0.4) is 0 Å². The van der Waals surface area contributed by atoms with E-state index in [4.69, 9.17) is 0 Å². The maximum absolute atomic E-state index is 12.9. The zero-order valence-electron chi connectivity index (χ0n) is 21.4. The molecule has 0 saturated heterocycles. The summed E-state index contributed by atoms with van der Waals surface area (Å²) in [6, 6.07) is 14.3. The number of anilines is 1. The van der Waals surface area contributed by atoms with E-state index in [0.717, 1.165) is 36.1 Å². The molecule has 0 amide bonds. The largest absolute Gasteiger partial charge is 0.404 e. The number of sulfonamides is 1. The third-order valence-corrected chi connectivity index (χ3v) is 8.04. The second kappa shape index (κ2) is 10.3. The van der Waals surface area contributed by atoms with Gasteiger partial charge in [-0.2, -0.15) is 23.2 Å². The van der Waals surface area contributed by atoms with Gasteiger partial charge in [0.2, 0.25) is 10.0 Å². The van der Waals surface area contributed by atoms with Crippen LogP contribution in [0.2, 0.25) is 0 Å². The van der Waals surface area contributed by atoms with E-state index in [1.54, 1.807) is 15.5 Å². The van der Waals surface area contributed by atoms with Gasteiger partial charge in [-0.25, -0.2) is 13.4 Å². The molecule has 3 heterocycles. The van der Waals surface area contributed by atoms with Gasteiger partial charge in [-0.3, -0.25) is 9.55 Å². The lowest BCUT2D eigenvalue weighted by atomic mass is 10.1. The SMILES string of the molecule is CC(NS(=O)(=O)c1ccc(-c2c(C#N)c3cc(N(C)Cc4ccccc4)cnc3n2C2=CC=C2)nc1)C(F)(F)F. The van der Waals surface area contributed by atoms with Gasteiger partial charge in [0.25, 0.3) is 0 Å². The Morgan fingerprint density at radius 2 is 1.85 bits per heavy atom. The number of hydrogen-bond acceptors (Lipinski definition) is 6. The number of hydrogen-bond donors (Lipinski definition) is 1. The third kappa shape index (κ3) is 5.09. The van der Waals surface area contributed by atoms with E-state index in [1.165, 1.54) is 6.07 Å². The molecule has 1 N–H and O–H groups in total. The van der Waals surface area contributed by atoms with Gasteiger partial charge in [-0.15, -0.1) is 0 Å². The molecule has 1 unspecified atom stereocenters. The number of allylic oxidation sites excluding steroid dienone is 4. The first-order valence-electron chi connectivity index (χ1n) is 12.1. The van der Waals surface area contributed by atoms with Crippen LogP contribution in [0.1, 0.15) is 18.1 Å². The lowest BCUT2D eigenvalue weighted by Gasteiger charge is -2.19. The molecule has 40 heavy (non-hydrogen) atoms. The zero-order valence-corrected chi connectivity index (χ0v) is 22.2. The van der Waals surface area contributed by atoms with Crippen LogP contribution in [-0.2, 0) is 16.6 Å². The van der Waals surface area contributed by atoms with Crippen LogP contribution in [0, 0.1) is 11.3 Å². The molecule has 204 valence electrons. The Morgan fingerprint density at radius 1 is 1.12 bits per heavy atom. The monoisotopic (exact) mass is 564 g/mol. The van der Waals surface area contributed by atoms with Crippen LogP contribution in [-0.4, -0.2) is 42.2 Å². The molecule has 0 saturated carbocycles. The number of nitrogens with zero attached hydrogens (tertiary/aromatic N) is 5. The highest BCUT2D eigenvalue weighted by molar-refractivity contribution is 7.89. The summed E-state index contributed by atoms with van der Waals surface area (Å²) in [6.07, 6.45) is 3.45. The second-order valence-corrected chi connectivity index (χ2v) is 11.0. The molecule has 1 atom stereocenters. The molecule has 0 aliphatic heterocycles. The molecule has 1 aliphatic rings. The summed E-state index contributed by atoms with van der Waals surface area (Å²) < 4.78 is 67.2. The van der Waals surface area contributed by atoms with Gasteiger partial charge in [0.05, 0.1) is 28.8 Å². The van der Waals surface area contributed by atoms with Gasteiger partial charge < -0.3 is 4.90 Å². The number of fused-ring (bicyclic) bond motifs is 1. The quantitative estimate of drug-likeness (QED) is 0.314. The highest BCUT2D eigenvalue weighted by atomic mass is 32.2. The first-order valence-corrected chi connectivity index (χ1v) is 13.6. The van der Waals surface area contributed by atoms with Gasteiger partial charge in [-0.05, 0) is 42.8 Å². The van der Waals surface area contributed by atoms with E-state index in [1.807, 2.05) is 66.6 Å². The number of halogens is 3. The lowest BCUT2D eigenvalue weighted by molar-refractivity contribution is -0.147. The normalized spacial score (nSPS) is 13.9. The average Bonchev–Trinajstić information content (AvgIpc) is 3.20. The van der Waals surface area contributed by atoms with Crippen molar-refractivity contribution in [3.63, 3.8) is 0 Å². The number of rotatable bonds is 8. The second-order valence-electron chi connectivity index (χ2n) is 9.29. The molecule has 0 radical (unpaired) electrons. The molecule has 12 heteroatoms. The highest BCUT2D eigenvalue weighted by Gasteiger charge is 2.39. The minimum Gasteiger partial charge on any atom is -0.369 e. The maximum atomic E-state index is 12.9. The minimum absolute atomic E-state index is 0.262. The predicted molar refractivity (Wildman–Crippen MR) is 145 cm³/mol. The summed E-state index contributed by atoms with van der Waals surface area (Å²) in [7, 11) is -2.57. The fraction of sp³-hybridized carbons (Fsp3) is 0.179. The van der Waals surface area contributed by atoms with Gasteiger partial charge in [0, 0.05) is 30.9 Å². The smallest absolute Gasteiger partial charge is 0.369 e. The summed E-state index contributed by atoms with van der Waals surface area (Å²) in [4.78, 5) is 10.5. The van der Waals surface area contributed by atoms with Gasteiger partial charge >= 0.3 is 6.18 Å². The van der Waals surface area contributed by atoms with E-state index in [9.17, 15) is 26.9 Å². The molecule has 0 spiro atoms. The van der Waals surface area contributed by atoms with Crippen LogP contribution in [0.15, 0.2) is 84.0 Å². The molecule has 0 fully saturated rings. The van der Waals surface area contributed by atoms with Crippen molar-refractivity contribution < 1.29 is 21.6 Å². The first-order chi connectivity index (χ1) is 19.0. The van der Waals surface area contributed by atoms with E-state index in [2.05, 4.69) is 16.0 Å². The Labute approximate surface area is 228 Å². The van der Waals surface area contributed by atoms with Crippen molar-refractivity contribution in [3.8, 4) is 17.5 Å². The zero-order chi connectivity index (χ0) is 28.7. The summed E-state index contributed by atoms with van der Waals surface area (Å²) in [5, 5.41) is 10.8. The molecule has 1 aliphatic carbocycles. The van der Waals surface area contributed by atoms with Gasteiger partial charge in [0.1, 0.15) is 22.7 Å². The molecular weight excluding hydrogens is 541 g/mol. The fourth-order valence-electron chi connectivity index (χ4n) is 4.30. The minimum atomic E-state index is -4.74. The van der Waals surface area contributed by atoms with Gasteiger partial charge in [-0.1, -0.05) is 36.4 Å². The van der Waals surface area contributed by atoms with Crippen molar-refractivity contribution in [1.29, 1.82) is 5.26 Å². The summed E-state index contributed by atoms with van der Waals surface area (Å²) in [5.74, 6) is 0. The van der Waals surface area contributed by atoms with Gasteiger partial charge in [0.15, 0.2) is 0 Å². The van der Waals surface area contributed by atoms with E-state index in [0.29, 0.717) is 23.3 Å².